The monoisotopic (exact) mass is 322 g/mol. The summed E-state index contributed by atoms with van der Waals surface area (Å²) in [7, 11) is 2.51. The molecule has 1 amide bonds. The molecule has 0 aliphatic heterocycles. The molecule has 8 heteroatoms. The fourth-order valence-electron chi connectivity index (χ4n) is 2.20. The number of ether oxygens (including phenoxy) is 1. The van der Waals surface area contributed by atoms with E-state index in [0.29, 0.717) is 0 Å². The normalized spacial score (nSPS) is 12.0. The molecule has 2 aromatic rings. The number of halogens is 1. The molecule has 1 aromatic heterocycles. The second-order valence-corrected chi connectivity index (χ2v) is 4.97. The maximum absolute atomic E-state index is 13.3. The number of rotatable bonds is 3. The predicted octanol–water partition coefficient (Wildman–Crippen LogP) is 0.674. The Labute approximate surface area is 130 Å². The third-order valence-corrected chi connectivity index (χ3v) is 3.46. The van der Waals surface area contributed by atoms with E-state index < -0.39 is 40.6 Å². The average molecular weight is 322 g/mol. The molecule has 0 fully saturated rings. The van der Waals surface area contributed by atoms with Crippen LogP contribution in [0.3, 0.4) is 0 Å². The predicted molar refractivity (Wildman–Crippen MR) is 79.8 cm³/mol. The van der Waals surface area contributed by atoms with Crippen molar-refractivity contribution in [1.82, 2.24) is 9.88 Å². The zero-order chi connectivity index (χ0) is 17.3. The molecule has 0 aliphatic rings. The van der Waals surface area contributed by atoms with Gasteiger partial charge in [-0.3, -0.25) is 9.59 Å². The van der Waals surface area contributed by atoms with Gasteiger partial charge < -0.3 is 19.7 Å². The lowest BCUT2D eigenvalue weighted by atomic mass is 10.1. The van der Waals surface area contributed by atoms with Gasteiger partial charge in [-0.05, 0) is 25.1 Å². The summed E-state index contributed by atoms with van der Waals surface area (Å²) in [5, 5.41) is 12.6. The number of fused-ring (bicyclic) bond motifs is 1. The number of nitrogens with one attached hydrogen (secondary N) is 1. The van der Waals surface area contributed by atoms with E-state index in [9.17, 15) is 23.9 Å². The van der Waals surface area contributed by atoms with Crippen molar-refractivity contribution in [3.8, 4) is 5.75 Å². The Kier molecular flexibility index (Phi) is 4.35. The lowest BCUT2D eigenvalue weighted by Gasteiger charge is -2.14. The second-order valence-electron chi connectivity index (χ2n) is 4.97. The Bertz CT molecular complexity index is 859. The van der Waals surface area contributed by atoms with E-state index in [0.717, 1.165) is 23.8 Å². The van der Waals surface area contributed by atoms with Gasteiger partial charge in [-0.25, -0.2) is 9.18 Å². The number of methoxy groups -OCH3 is 1. The summed E-state index contributed by atoms with van der Waals surface area (Å²) in [5.41, 5.74) is -1.19. The molecule has 1 aromatic carbocycles. The molecule has 7 nitrogen and oxygen atoms in total. The van der Waals surface area contributed by atoms with Gasteiger partial charge in [0.05, 0.1) is 12.6 Å². The quantitative estimate of drug-likeness (QED) is 0.810. The van der Waals surface area contributed by atoms with Gasteiger partial charge in [0, 0.05) is 12.4 Å². The summed E-state index contributed by atoms with van der Waals surface area (Å²) in [4.78, 5) is 35.8. The molecule has 2 N–H and O–H groups in total. The molecule has 1 heterocycles. The first-order valence-corrected chi connectivity index (χ1v) is 6.67. The Morgan fingerprint density at radius 1 is 1.39 bits per heavy atom. The molecular formula is C15H15FN2O5. The van der Waals surface area contributed by atoms with Crippen molar-refractivity contribution in [2.45, 2.75) is 13.0 Å². The average Bonchev–Trinajstić information content (AvgIpc) is 2.51. The molecule has 0 saturated carbocycles. The van der Waals surface area contributed by atoms with Crippen molar-refractivity contribution in [2.75, 3.05) is 7.11 Å². The topological polar surface area (TPSA) is 97.6 Å². The fourth-order valence-corrected chi connectivity index (χ4v) is 2.20. The number of carbonyl (C=O) groups excluding carboxylic acids is 2. The lowest BCUT2D eigenvalue weighted by Crippen LogP contribution is -2.41. The molecular weight excluding hydrogens is 307 g/mol. The highest BCUT2D eigenvalue weighted by molar-refractivity contribution is 6.03. The minimum absolute atomic E-state index is 0.143. The highest BCUT2D eigenvalue weighted by atomic mass is 19.1. The summed E-state index contributed by atoms with van der Waals surface area (Å²) >= 11 is 0. The van der Waals surface area contributed by atoms with Crippen LogP contribution in [0.1, 0.15) is 17.3 Å². The molecule has 0 saturated heterocycles. The number of carbonyl (C=O) groups is 2. The standard InChI is InChI=1S/C15H15FN2O5/c1-7(15(22)23-3)17-13(20)11-12(19)9-5-4-8(16)6-10(9)18(2)14(11)21/h4-7,19H,1-3H3,(H,17,20)/t7-/m0/s1. The minimum atomic E-state index is -1.000. The number of benzene rings is 1. The van der Waals surface area contributed by atoms with Gasteiger partial charge in [0.25, 0.3) is 11.5 Å². The molecule has 0 aliphatic carbocycles. The number of hydrogen-bond donors (Lipinski definition) is 2. The van der Waals surface area contributed by atoms with E-state index in [-0.39, 0.29) is 10.9 Å². The Balaban J connectivity index is 2.58. The lowest BCUT2D eigenvalue weighted by molar-refractivity contribution is -0.142. The Morgan fingerprint density at radius 2 is 2.04 bits per heavy atom. The molecule has 122 valence electrons. The van der Waals surface area contributed by atoms with E-state index in [1.54, 1.807) is 0 Å². The summed E-state index contributed by atoms with van der Waals surface area (Å²) in [6, 6.07) is 2.45. The van der Waals surface area contributed by atoms with Crippen LogP contribution in [0.15, 0.2) is 23.0 Å². The highest BCUT2D eigenvalue weighted by Gasteiger charge is 2.24. The number of aryl methyl sites for hydroxylation is 1. The van der Waals surface area contributed by atoms with Gasteiger partial charge in [-0.1, -0.05) is 0 Å². The first-order chi connectivity index (χ1) is 10.8. The van der Waals surface area contributed by atoms with Crippen LogP contribution < -0.4 is 10.9 Å². The SMILES string of the molecule is COC(=O)[C@H](C)NC(=O)c1c(O)c2ccc(F)cc2n(C)c1=O. The van der Waals surface area contributed by atoms with Crippen molar-refractivity contribution in [3.63, 3.8) is 0 Å². The molecule has 0 spiro atoms. The van der Waals surface area contributed by atoms with Crippen LogP contribution in [0.5, 0.6) is 5.75 Å². The van der Waals surface area contributed by atoms with Crippen LogP contribution in [0, 0.1) is 5.82 Å². The smallest absolute Gasteiger partial charge is 0.328 e. The van der Waals surface area contributed by atoms with Crippen molar-refractivity contribution in [1.29, 1.82) is 0 Å². The third-order valence-electron chi connectivity index (χ3n) is 3.46. The number of nitrogens with zero attached hydrogens (tertiary/aromatic N) is 1. The maximum atomic E-state index is 13.3. The Morgan fingerprint density at radius 3 is 2.65 bits per heavy atom. The number of pyridine rings is 1. The van der Waals surface area contributed by atoms with Crippen LogP contribution in [0.2, 0.25) is 0 Å². The molecule has 0 radical (unpaired) electrons. The number of hydrogen-bond acceptors (Lipinski definition) is 5. The van der Waals surface area contributed by atoms with Gasteiger partial charge in [0.1, 0.15) is 23.2 Å². The second kappa shape index (κ2) is 6.07. The summed E-state index contributed by atoms with van der Waals surface area (Å²) < 4.78 is 18.8. The highest BCUT2D eigenvalue weighted by Crippen LogP contribution is 2.26. The minimum Gasteiger partial charge on any atom is -0.506 e. The number of esters is 1. The van der Waals surface area contributed by atoms with Gasteiger partial charge >= 0.3 is 5.97 Å². The van der Waals surface area contributed by atoms with Crippen molar-refractivity contribution < 1.29 is 23.8 Å². The maximum Gasteiger partial charge on any atom is 0.328 e. The largest absolute Gasteiger partial charge is 0.506 e. The zero-order valence-electron chi connectivity index (χ0n) is 12.7. The zero-order valence-corrected chi connectivity index (χ0v) is 12.7. The Hall–Kier alpha value is -2.90. The summed E-state index contributed by atoms with van der Waals surface area (Å²) in [6.45, 7) is 1.38. The molecule has 0 bridgehead atoms. The van der Waals surface area contributed by atoms with Crippen molar-refractivity contribution >= 4 is 22.8 Å². The molecule has 1 atom stereocenters. The van der Waals surface area contributed by atoms with Crippen LogP contribution >= 0.6 is 0 Å². The molecule has 2 rings (SSSR count). The molecule has 23 heavy (non-hydrogen) atoms. The number of aromatic nitrogens is 1. The fraction of sp³-hybridized carbons (Fsp3) is 0.267. The first-order valence-electron chi connectivity index (χ1n) is 6.67. The van der Waals surface area contributed by atoms with E-state index in [4.69, 9.17) is 0 Å². The van der Waals surface area contributed by atoms with Gasteiger partial charge in [-0.15, -0.1) is 0 Å². The van der Waals surface area contributed by atoms with E-state index in [2.05, 4.69) is 10.1 Å². The van der Waals surface area contributed by atoms with Crippen LogP contribution in [-0.4, -0.2) is 34.7 Å². The summed E-state index contributed by atoms with van der Waals surface area (Å²) in [6.07, 6.45) is 0. The number of amides is 1. The van der Waals surface area contributed by atoms with E-state index in [1.165, 1.54) is 20.0 Å². The number of aromatic hydroxyl groups is 1. The third kappa shape index (κ3) is 2.87. The van der Waals surface area contributed by atoms with Crippen LogP contribution in [-0.2, 0) is 16.6 Å². The van der Waals surface area contributed by atoms with Gasteiger partial charge in [-0.2, -0.15) is 0 Å². The van der Waals surface area contributed by atoms with Gasteiger partial charge in [0.2, 0.25) is 0 Å². The molecule has 0 unspecified atom stereocenters. The van der Waals surface area contributed by atoms with Gasteiger partial charge in [0.15, 0.2) is 0 Å². The van der Waals surface area contributed by atoms with Crippen LogP contribution in [0.4, 0.5) is 4.39 Å². The first kappa shape index (κ1) is 16.5. The van der Waals surface area contributed by atoms with E-state index in [1.807, 2.05) is 0 Å². The van der Waals surface area contributed by atoms with Crippen LogP contribution in [0.25, 0.3) is 10.9 Å². The van der Waals surface area contributed by atoms with E-state index >= 15 is 0 Å². The van der Waals surface area contributed by atoms with Crippen molar-refractivity contribution in [3.05, 3.63) is 39.9 Å². The van der Waals surface area contributed by atoms with Crippen molar-refractivity contribution in [2.24, 2.45) is 7.05 Å². The summed E-state index contributed by atoms with van der Waals surface area (Å²) in [5.74, 6) is -2.77.